The highest BCUT2D eigenvalue weighted by molar-refractivity contribution is 7.85. The third-order valence-corrected chi connectivity index (χ3v) is 3.72. The Hall–Kier alpha value is -1.55. The molecule has 1 heterocycles. The van der Waals surface area contributed by atoms with Gasteiger partial charge in [-0.3, -0.25) is 9.19 Å². The highest BCUT2D eigenvalue weighted by Gasteiger charge is 2.04. The Kier molecular flexibility index (Phi) is 3.98. The maximum atomic E-state index is 12.7. The number of pyridine rings is 1. The summed E-state index contributed by atoms with van der Waals surface area (Å²) in [7, 11) is -1.10. The van der Waals surface area contributed by atoms with Crippen molar-refractivity contribution in [3.05, 3.63) is 60.2 Å². The van der Waals surface area contributed by atoms with Crippen LogP contribution >= 0.6 is 0 Å². The topological polar surface area (TPSA) is 30.0 Å². The molecule has 0 spiro atoms. The predicted molar refractivity (Wildman–Crippen MR) is 65.6 cm³/mol. The Morgan fingerprint density at radius 3 is 2.53 bits per heavy atom. The Morgan fingerprint density at radius 1 is 1.12 bits per heavy atom. The van der Waals surface area contributed by atoms with Crippen molar-refractivity contribution in [2.75, 3.05) is 5.75 Å². The molecule has 0 radical (unpaired) electrons. The molecule has 1 aromatic carbocycles. The van der Waals surface area contributed by atoms with Crippen LogP contribution in [-0.4, -0.2) is 14.9 Å². The fraction of sp³-hybridized carbons (Fsp3) is 0.154. The van der Waals surface area contributed by atoms with Crippen LogP contribution in [0.3, 0.4) is 0 Å². The lowest BCUT2D eigenvalue weighted by molar-refractivity contribution is 0.626. The van der Waals surface area contributed by atoms with Crippen molar-refractivity contribution in [1.82, 2.24) is 4.98 Å². The van der Waals surface area contributed by atoms with Crippen molar-refractivity contribution in [3.63, 3.8) is 0 Å². The summed E-state index contributed by atoms with van der Waals surface area (Å²) in [5, 5.41) is 0. The van der Waals surface area contributed by atoms with Crippen molar-refractivity contribution in [2.45, 2.75) is 11.3 Å². The van der Waals surface area contributed by atoms with E-state index in [0.29, 0.717) is 17.1 Å². The van der Waals surface area contributed by atoms with Crippen LogP contribution in [0.1, 0.15) is 5.69 Å². The summed E-state index contributed by atoms with van der Waals surface area (Å²) in [6.07, 6.45) is 2.38. The molecule has 2 nitrogen and oxygen atoms in total. The fourth-order valence-corrected chi connectivity index (χ4v) is 2.52. The van der Waals surface area contributed by atoms with Crippen molar-refractivity contribution >= 4 is 10.8 Å². The van der Waals surface area contributed by atoms with Gasteiger partial charge in [-0.05, 0) is 36.4 Å². The molecule has 0 saturated heterocycles. The number of hydrogen-bond acceptors (Lipinski definition) is 2. The van der Waals surface area contributed by atoms with E-state index < -0.39 is 10.8 Å². The quantitative estimate of drug-likeness (QED) is 0.833. The van der Waals surface area contributed by atoms with E-state index in [1.165, 1.54) is 12.1 Å². The first-order chi connectivity index (χ1) is 8.25. The monoisotopic (exact) mass is 249 g/mol. The number of rotatable bonds is 4. The maximum absolute atomic E-state index is 12.7. The van der Waals surface area contributed by atoms with Crippen LogP contribution in [0.25, 0.3) is 0 Å². The molecule has 0 aliphatic rings. The minimum absolute atomic E-state index is 0.310. The molecule has 1 atom stereocenters. The SMILES string of the molecule is O=S(CCc1ccccn1)c1ccc(F)cc1. The van der Waals surface area contributed by atoms with E-state index in [4.69, 9.17) is 0 Å². The minimum atomic E-state index is -1.10. The van der Waals surface area contributed by atoms with Gasteiger partial charge in [-0.15, -0.1) is 0 Å². The molecular weight excluding hydrogens is 237 g/mol. The highest BCUT2D eigenvalue weighted by Crippen LogP contribution is 2.09. The van der Waals surface area contributed by atoms with Crippen molar-refractivity contribution < 1.29 is 8.60 Å². The summed E-state index contributed by atoms with van der Waals surface area (Å²) in [4.78, 5) is 4.82. The molecule has 4 heteroatoms. The predicted octanol–water partition coefficient (Wildman–Crippen LogP) is 2.57. The molecular formula is C13H12FNOS. The third-order valence-electron chi connectivity index (χ3n) is 2.35. The third kappa shape index (κ3) is 3.46. The fourth-order valence-electron chi connectivity index (χ4n) is 1.45. The van der Waals surface area contributed by atoms with Gasteiger partial charge < -0.3 is 0 Å². The zero-order chi connectivity index (χ0) is 12.1. The Morgan fingerprint density at radius 2 is 1.88 bits per heavy atom. The average Bonchev–Trinajstić information content (AvgIpc) is 2.38. The second kappa shape index (κ2) is 5.68. The van der Waals surface area contributed by atoms with Gasteiger partial charge in [0.1, 0.15) is 5.82 Å². The molecule has 0 aliphatic heterocycles. The number of nitrogens with zero attached hydrogens (tertiary/aromatic N) is 1. The normalized spacial score (nSPS) is 12.3. The molecule has 1 unspecified atom stereocenters. The second-order valence-electron chi connectivity index (χ2n) is 3.57. The molecule has 1 aromatic heterocycles. The van der Waals surface area contributed by atoms with E-state index in [1.807, 2.05) is 18.2 Å². The Bertz CT molecular complexity index is 499. The van der Waals surface area contributed by atoms with Crippen LogP contribution in [0, 0.1) is 5.82 Å². The van der Waals surface area contributed by atoms with E-state index in [2.05, 4.69) is 4.98 Å². The van der Waals surface area contributed by atoms with Gasteiger partial charge in [-0.25, -0.2) is 4.39 Å². The summed E-state index contributed by atoms with van der Waals surface area (Å²) in [6.45, 7) is 0. The van der Waals surface area contributed by atoms with Crippen LogP contribution < -0.4 is 0 Å². The first kappa shape index (κ1) is 11.9. The Labute approximate surface area is 102 Å². The molecule has 2 aromatic rings. The van der Waals surface area contributed by atoms with Gasteiger partial charge in [0.05, 0.1) is 10.8 Å². The zero-order valence-corrected chi connectivity index (χ0v) is 9.99. The molecule has 0 amide bonds. The molecule has 0 aliphatic carbocycles. The first-order valence-corrected chi connectivity index (χ1v) is 6.61. The van der Waals surface area contributed by atoms with Gasteiger partial charge in [-0.1, -0.05) is 6.07 Å². The minimum Gasteiger partial charge on any atom is -0.261 e. The summed E-state index contributed by atoms with van der Waals surface area (Å²) in [5.74, 6) is 0.193. The largest absolute Gasteiger partial charge is 0.261 e. The highest BCUT2D eigenvalue weighted by atomic mass is 32.2. The van der Waals surface area contributed by atoms with Gasteiger partial charge in [0.25, 0.3) is 0 Å². The van der Waals surface area contributed by atoms with E-state index in [0.717, 1.165) is 5.69 Å². The number of benzene rings is 1. The van der Waals surface area contributed by atoms with E-state index in [9.17, 15) is 8.60 Å². The maximum Gasteiger partial charge on any atom is 0.123 e. The lowest BCUT2D eigenvalue weighted by Crippen LogP contribution is -2.02. The molecule has 0 saturated carbocycles. The summed E-state index contributed by atoms with van der Waals surface area (Å²) in [5.41, 5.74) is 0.919. The lowest BCUT2D eigenvalue weighted by atomic mass is 10.3. The van der Waals surface area contributed by atoms with Crippen LogP contribution in [0.2, 0.25) is 0 Å². The molecule has 0 bridgehead atoms. The van der Waals surface area contributed by atoms with Gasteiger partial charge in [0.15, 0.2) is 0 Å². The number of hydrogen-bond donors (Lipinski definition) is 0. The van der Waals surface area contributed by atoms with Crippen LogP contribution in [-0.2, 0) is 17.2 Å². The zero-order valence-electron chi connectivity index (χ0n) is 9.17. The summed E-state index contributed by atoms with van der Waals surface area (Å²) in [6, 6.07) is 11.4. The van der Waals surface area contributed by atoms with Crippen LogP contribution in [0.15, 0.2) is 53.6 Å². The van der Waals surface area contributed by atoms with Crippen molar-refractivity contribution in [1.29, 1.82) is 0 Å². The van der Waals surface area contributed by atoms with Crippen molar-refractivity contribution in [2.24, 2.45) is 0 Å². The van der Waals surface area contributed by atoms with Gasteiger partial charge in [-0.2, -0.15) is 0 Å². The summed E-state index contributed by atoms with van der Waals surface area (Å²) < 4.78 is 24.6. The second-order valence-corrected chi connectivity index (χ2v) is 5.15. The standard InChI is InChI=1S/C13H12FNOS/c14-11-4-6-13(7-5-11)17(16)10-8-12-3-1-2-9-15-12/h1-7,9H,8,10H2. The number of aryl methyl sites for hydroxylation is 1. The summed E-state index contributed by atoms with van der Waals surface area (Å²) >= 11 is 0. The van der Waals surface area contributed by atoms with E-state index in [1.54, 1.807) is 18.3 Å². The molecule has 0 N–H and O–H groups in total. The van der Waals surface area contributed by atoms with Gasteiger partial charge in [0, 0.05) is 29.0 Å². The molecule has 88 valence electrons. The average molecular weight is 249 g/mol. The first-order valence-electron chi connectivity index (χ1n) is 5.29. The number of halogens is 1. The van der Waals surface area contributed by atoms with Crippen LogP contribution in [0.4, 0.5) is 4.39 Å². The van der Waals surface area contributed by atoms with Crippen molar-refractivity contribution in [3.8, 4) is 0 Å². The lowest BCUT2D eigenvalue weighted by Gasteiger charge is -2.02. The van der Waals surface area contributed by atoms with Gasteiger partial charge in [0.2, 0.25) is 0 Å². The molecule has 17 heavy (non-hydrogen) atoms. The van der Waals surface area contributed by atoms with Crippen LogP contribution in [0.5, 0.6) is 0 Å². The number of aromatic nitrogens is 1. The Balaban J connectivity index is 1.96. The van der Waals surface area contributed by atoms with Gasteiger partial charge >= 0.3 is 0 Å². The smallest absolute Gasteiger partial charge is 0.123 e. The van der Waals surface area contributed by atoms with E-state index in [-0.39, 0.29) is 5.82 Å². The molecule has 2 rings (SSSR count). The molecule has 0 fully saturated rings. The van der Waals surface area contributed by atoms with E-state index >= 15 is 0 Å².